The largest absolute Gasteiger partial charge is 0.361 e. The molecule has 2 rings (SSSR count). The zero-order valence-corrected chi connectivity index (χ0v) is 11.7. The number of carbonyl (C=O) groups is 1. The standard InChI is InChI=1S/C15H21N3O/c1-11(8-10-18(2)3)17-15(19)13-6-4-5-12-7-9-16-14(12)13/h4-7,9,11,16H,8,10H2,1-3H3,(H,17,19). The molecule has 2 aromatic rings. The summed E-state index contributed by atoms with van der Waals surface area (Å²) in [5.74, 6) is -0.0145. The van der Waals surface area contributed by atoms with E-state index < -0.39 is 0 Å². The molecule has 1 atom stereocenters. The van der Waals surface area contributed by atoms with E-state index in [1.165, 1.54) is 0 Å². The Morgan fingerprint density at radius 3 is 2.89 bits per heavy atom. The van der Waals surface area contributed by atoms with Gasteiger partial charge in [-0.3, -0.25) is 4.79 Å². The highest BCUT2D eigenvalue weighted by molar-refractivity contribution is 6.05. The van der Waals surface area contributed by atoms with Crippen LogP contribution < -0.4 is 5.32 Å². The van der Waals surface area contributed by atoms with Crippen molar-refractivity contribution in [1.82, 2.24) is 15.2 Å². The molecule has 19 heavy (non-hydrogen) atoms. The third-order valence-corrected chi connectivity index (χ3v) is 3.22. The van der Waals surface area contributed by atoms with Crippen LogP contribution in [0.2, 0.25) is 0 Å². The van der Waals surface area contributed by atoms with E-state index in [4.69, 9.17) is 0 Å². The van der Waals surface area contributed by atoms with Gasteiger partial charge in [0.05, 0.1) is 11.1 Å². The third kappa shape index (κ3) is 3.35. The first-order valence-corrected chi connectivity index (χ1v) is 6.59. The molecule has 1 aromatic carbocycles. The number of para-hydroxylation sites is 1. The number of aromatic nitrogens is 1. The molecular formula is C15H21N3O. The van der Waals surface area contributed by atoms with Crippen molar-refractivity contribution < 1.29 is 4.79 Å². The Morgan fingerprint density at radius 2 is 2.16 bits per heavy atom. The van der Waals surface area contributed by atoms with Crippen LogP contribution in [0.25, 0.3) is 10.9 Å². The molecule has 0 aliphatic carbocycles. The maximum Gasteiger partial charge on any atom is 0.253 e. The Morgan fingerprint density at radius 1 is 1.37 bits per heavy atom. The van der Waals surface area contributed by atoms with Gasteiger partial charge in [-0.1, -0.05) is 12.1 Å². The maximum absolute atomic E-state index is 12.3. The van der Waals surface area contributed by atoms with Crippen molar-refractivity contribution in [3.8, 4) is 0 Å². The van der Waals surface area contributed by atoms with E-state index in [2.05, 4.69) is 15.2 Å². The Labute approximate surface area is 113 Å². The molecule has 0 radical (unpaired) electrons. The lowest BCUT2D eigenvalue weighted by molar-refractivity contribution is 0.0938. The molecular weight excluding hydrogens is 238 g/mol. The molecule has 2 N–H and O–H groups in total. The van der Waals surface area contributed by atoms with Gasteiger partial charge in [0.25, 0.3) is 5.91 Å². The second kappa shape index (κ2) is 5.89. The molecule has 0 fully saturated rings. The van der Waals surface area contributed by atoms with Crippen molar-refractivity contribution in [2.45, 2.75) is 19.4 Å². The average Bonchev–Trinajstić information content (AvgIpc) is 2.84. The van der Waals surface area contributed by atoms with E-state index in [-0.39, 0.29) is 11.9 Å². The average molecular weight is 259 g/mol. The molecule has 0 aliphatic rings. The number of H-pyrrole nitrogens is 1. The predicted octanol–water partition coefficient (Wildman–Crippen LogP) is 2.24. The first-order chi connectivity index (χ1) is 9.08. The fourth-order valence-corrected chi connectivity index (χ4v) is 2.10. The van der Waals surface area contributed by atoms with E-state index in [1.807, 2.05) is 51.5 Å². The van der Waals surface area contributed by atoms with Gasteiger partial charge in [0.1, 0.15) is 0 Å². The van der Waals surface area contributed by atoms with Gasteiger partial charge >= 0.3 is 0 Å². The van der Waals surface area contributed by atoms with Gasteiger partial charge in [0.2, 0.25) is 0 Å². The molecule has 1 unspecified atom stereocenters. The van der Waals surface area contributed by atoms with Crippen molar-refractivity contribution in [2.24, 2.45) is 0 Å². The normalized spacial score (nSPS) is 12.8. The highest BCUT2D eigenvalue weighted by Crippen LogP contribution is 2.16. The van der Waals surface area contributed by atoms with Crippen molar-refractivity contribution >= 4 is 16.8 Å². The summed E-state index contributed by atoms with van der Waals surface area (Å²) in [7, 11) is 4.07. The van der Waals surface area contributed by atoms with Crippen LogP contribution >= 0.6 is 0 Å². The Kier molecular flexibility index (Phi) is 4.22. The number of rotatable bonds is 5. The highest BCUT2D eigenvalue weighted by Gasteiger charge is 2.13. The SMILES string of the molecule is CC(CCN(C)C)NC(=O)c1cccc2cc[nH]c12. The van der Waals surface area contributed by atoms with Gasteiger partial charge in [-0.25, -0.2) is 0 Å². The molecule has 0 saturated carbocycles. The van der Waals surface area contributed by atoms with E-state index in [0.717, 1.165) is 23.9 Å². The summed E-state index contributed by atoms with van der Waals surface area (Å²) in [5.41, 5.74) is 1.61. The van der Waals surface area contributed by atoms with Crippen LogP contribution in [-0.2, 0) is 0 Å². The minimum absolute atomic E-state index is 0.0145. The number of fused-ring (bicyclic) bond motifs is 1. The minimum atomic E-state index is -0.0145. The zero-order valence-electron chi connectivity index (χ0n) is 11.7. The molecule has 1 heterocycles. The number of nitrogens with zero attached hydrogens (tertiary/aromatic N) is 1. The first-order valence-electron chi connectivity index (χ1n) is 6.59. The smallest absolute Gasteiger partial charge is 0.253 e. The number of benzene rings is 1. The van der Waals surface area contributed by atoms with E-state index in [0.29, 0.717) is 5.56 Å². The van der Waals surface area contributed by atoms with E-state index in [9.17, 15) is 4.79 Å². The molecule has 0 saturated heterocycles. The van der Waals surface area contributed by atoms with Crippen LogP contribution in [-0.4, -0.2) is 42.5 Å². The second-order valence-corrected chi connectivity index (χ2v) is 5.21. The van der Waals surface area contributed by atoms with Gasteiger partial charge in [-0.2, -0.15) is 0 Å². The molecule has 0 bridgehead atoms. The van der Waals surface area contributed by atoms with E-state index >= 15 is 0 Å². The number of carbonyl (C=O) groups excluding carboxylic acids is 1. The summed E-state index contributed by atoms with van der Waals surface area (Å²) < 4.78 is 0. The van der Waals surface area contributed by atoms with Crippen LogP contribution in [0, 0.1) is 0 Å². The Bertz CT molecular complexity index is 559. The summed E-state index contributed by atoms with van der Waals surface area (Å²) in [5, 5.41) is 4.11. The lowest BCUT2D eigenvalue weighted by Gasteiger charge is -2.17. The predicted molar refractivity (Wildman–Crippen MR) is 78.4 cm³/mol. The van der Waals surface area contributed by atoms with Gasteiger partial charge in [-0.15, -0.1) is 0 Å². The lowest BCUT2D eigenvalue weighted by atomic mass is 10.1. The fourth-order valence-electron chi connectivity index (χ4n) is 2.10. The summed E-state index contributed by atoms with van der Waals surface area (Å²) in [4.78, 5) is 17.5. The number of hydrogen-bond donors (Lipinski definition) is 2. The van der Waals surface area contributed by atoms with Gasteiger partial charge in [0.15, 0.2) is 0 Å². The number of amides is 1. The maximum atomic E-state index is 12.3. The quantitative estimate of drug-likeness (QED) is 0.865. The molecule has 1 aromatic heterocycles. The molecule has 1 amide bonds. The van der Waals surface area contributed by atoms with Crippen LogP contribution in [0.3, 0.4) is 0 Å². The lowest BCUT2D eigenvalue weighted by Crippen LogP contribution is -2.34. The molecule has 4 nitrogen and oxygen atoms in total. The Hall–Kier alpha value is -1.81. The minimum Gasteiger partial charge on any atom is -0.361 e. The monoisotopic (exact) mass is 259 g/mol. The first kappa shape index (κ1) is 13.6. The third-order valence-electron chi connectivity index (χ3n) is 3.22. The summed E-state index contributed by atoms with van der Waals surface area (Å²) in [6.45, 7) is 3.00. The summed E-state index contributed by atoms with van der Waals surface area (Å²) in [6, 6.07) is 7.90. The van der Waals surface area contributed by atoms with E-state index in [1.54, 1.807) is 0 Å². The molecule has 0 spiro atoms. The van der Waals surface area contributed by atoms with Gasteiger partial charge < -0.3 is 15.2 Å². The molecule has 102 valence electrons. The second-order valence-electron chi connectivity index (χ2n) is 5.21. The van der Waals surface area contributed by atoms with Crippen molar-refractivity contribution in [3.63, 3.8) is 0 Å². The number of hydrogen-bond acceptors (Lipinski definition) is 2. The van der Waals surface area contributed by atoms with Crippen molar-refractivity contribution in [2.75, 3.05) is 20.6 Å². The molecule has 0 aliphatic heterocycles. The van der Waals surface area contributed by atoms with Crippen LogP contribution in [0.5, 0.6) is 0 Å². The van der Waals surface area contributed by atoms with Crippen LogP contribution in [0.1, 0.15) is 23.7 Å². The van der Waals surface area contributed by atoms with Gasteiger partial charge in [0, 0.05) is 17.6 Å². The summed E-state index contributed by atoms with van der Waals surface area (Å²) in [6.07, 6.45) is 2.80. The summed E-state index contributed by atoms with van der Waals surface area (Å²) >= 11 is 0. The highest BCUT2D eigenvalue weighted by atomic mass is 16.1. The number of aromatic amines is 1. The van der Waals surface area contributed by atoms with Crippen LogP contribution in [0.4, 0.5) is 0 Å². The zero-order chi connectivity index (χ0) is 13.8. The van der Waals surface area contributed by atoms with Gasteiger partial charge in [-0.05, 0) is 46.1 Å². The van der Waals surface area contributed by atoms with Crippen LogP contribution in [0.15, 0.2) is 30.5 Å². The Balaban J connectivity index is 2.05. The van der Waals surface area contributed by atoms with Crippen molar-refractivity contribution in [1.29, 1.82) is 0 Å². The topological polar surface area (TPSA) is 48.1 Å². The van der Waals surface area contributed by atoms with Crippen molar-refractivity contribution in [3.05, 3.63) is 36.0 Å². The molecule has 4 heteroatoms. The number of nitrogens with one attached hydrogen (secondary N) is 2. The fraction of sp³-hybridized carbons (Fsp3) is 0.400.